The van der Waals surface area contributed by atoms with E-state index in [1.54, 1.807) is 7.11 Å². The maximum Gasteiger partial charge on any atom is 0.0623 e. The molecule has 1 fully saturated rings. The summed E-state index contributed by atoms with van der Waals surface area (Å²) in [5, 5.41) is 9.76. The first-order valence-electron chi connectivity index (χ1n) is 5.19. The molecule has 0 spiro atoms. The van der Waals surface area contributed by atoms with Gasteiger partial charge in [0.2, 0.25) is 0 Å². The molecule has 0 aromatic rings. The zero-order valence-corrected chi connectivity index (χ0v) is 9.21. The van der Waals surface area contributed by atoms with Crippen LogP contribution in [-0.4, -0.2) is 23.9 Å². The Bertz CT molecular complexity index is 165. The second-order valence-electron chi connectivity index (χ2n) is 4.95. The van der Waals surface area contributed by atoms with Crippen LogP contribution in [0.1, 0.15) is 40.0 Å². The Morgan fingerprint density at radius 1 is 1.54 bits per heavy atom. The standard InChI is InChI=1S/C11H22O2/c1-8-7-9(8)10(12)5-6-11(2,3)13-4/h8-10,12H,5-7H2,1-4H3. The van der Waals surface area contributed by atoms with Crippen LogP contribution in [0.5, 0.6) is 0 Å². The molecule has 0 heterocycles. The van der Waals surface area contributed by atoms with Gasteiger partial charge < -0.3 is 9.84 Å². The fraction of sp³-hybridized carbons (Fsp3) is 1.00. The van der Waals surface area contributed by atoms with Crippen LogP contribution in [0.2, 0.25) is 0 Å². The highest BCUT2D eigenvalue weighted by Crippen LogP contribution is 2.42. The van der Waals surface area contributed by atoms with E-state index >= 15 is 0 Å². The normalized spacial score (nSPS) is 30.2. The van der Waals surface area contributed by atoms with Crippen LogP contribution in [0.15, 0.2) is 0 Å². The number of methoxy groups -OCH3 is 1. The van der Waals surface area contributed by atoms with Gasteiger partial charge in [-0.25, -0.2) is 0 Å². The maximum atomic E-state index is 9.76. The van der Waals surface area contributed by atoms with E-state index in [1.807, 2.05) is 0 Å². The zero-order chi connectivity index (χ0) is 10.1. The molecular weight excluding hydrogens is 164 g/mol. The average Bonchev–Trinajstić information content (AvgIpc) is 2.79. The number of aliphatic hydroxyl groups excluding tert-OH is 1. The van der Waals surface area contributed by atoms with Gasteiger partial charge in [0.15, 0.2) is 0 Å². The Labute approximate surface area is 81.3 Å². The minimum Gasteiger partial charge on any atom is -0.393 e. The number of hydrogen-bond acceptors (Lipinski definition) is 2. The second kappa shape index (κ2) is 3.97. The lowest BCUT2D eigenvalue weighted by atomic mass is 9.98. The van der Waals surface area contributed by atoms with Crippen molar-refractivity contribution in [1.29, 1.82) is 0 Å². The van der Waals surface area contributed by atoms with Gasteiger partial charge in [0.05, 0.1) is 11.7 Å². The predicted octanol–water partition coefficient (Wildman–Crippen LogP) is 2.21. The summed E-state index contributed by atoms with van der Waals surface area (Å²) in [4.78, 5) is 0. The molecule has 1 aliphatic carbocycles. The number of rotatable bonds is 5. The molecule has 0 amide bonds. The first kappa shape index (κ1) is 11.0. The SMILES string of the molecule is COC(C)(C)CCC(O)C1CC1C. The van der Waals surface area contributed by atoms with Crippen molar-refractivity contribution in [2.45, 2.75) is 51.7 Å². The highest BCUT2D eigenvalue weighted by atomic mass is 16.5. The molecule has 0 aromatic carbocycles. The lowest BCUT2D eigenvalue weighted by Crippen LogP contribution is -2.25. The maximum absolute atomic E-state index is 9.76. The van der Waals surface area contributed by atoms with Gasteiger partial charge in [0, 0.05) is 7.11 Å². The molecule has 0 aromatic heterocycles. The van der Waals surface area contributed by atoms with Crippen LogP contribution < -0.4 is 0 Å². The molecule has 78 valence electrons. The van der Waals surface area contributed by atoms with Gasteiger partial charge >= 0.3 is 0 Å². The highest BCUT2D eigenvalue weighted by molar-refractivity contribution is 4.89. The quantitative estimate of drug-likeness (QED) is 0.713. The molecule has 1 rings (SSSR count). The molecule has 13 heavy (non-hydrogen) atoms. The van der Waals surface area contributed by atoms with Crippen LogP contribution in [0.3, 0.4) is 0 Å². The second-order valence-corrected chi connectivity index (χ2v) is 4.95. The smallest absolute Gasteiger partial charge is 0.0623 e. The van der Waals surface area contributed by atoms with E-state index in [4.69, 9.17) is 4.74 Å². The molecule has 2 heteroatoms. The molecule has 2 nitrogen and oxygen atoms in total. The van der Waals surface area contributed by atoms with E-state index in [0.717, 1.165) is 18.8 Å². The Morgan fingerprint density at radius 2 is 2.08 bits per heavy atom. The third-order valence-corrected chi connectivity index (χ3v) is 3.26. The Morgan fingerprint density at radius 3 is 2.46 bits per heavy atom. The van der Waals surface area contributed by atoms with Crippen molar-refractivity contribution in [3.05, 3.63) is 0 Å². The van der Waals surface area contributed by atoms with E-state index in [0.29, 0.717) is 5.92 Å². The summed E-state index contributed by atoms with van der Waals surface area (Å²) in [5.41, 5.74) is -0.0842. The van der Waals surface area contributed by atoms with Crippen molar-refractivity contribution >= 4 is 0 Å². The first-order chi connectivity index (χ1) is 5.96. The summed E-state index contributed by atoms with van der Waals surface area (Å²) in [6.45, 7) is 6.33. The number of aliphatic hydroxyl groups is 1. The Hall–Kier alpha value is -0.0800. The lowest BCUT2D eigenvalue weighted by molar-refractivity contribution is 0.000381. The van der Waals surface area contributed by atoms with Crippen LogP contribution in [0.25, 0.3) is 0 Å². The number of ether oxygens (including phenoxy) is 1. The summed E-state index contributed by atoms with van der Waals surface area (Å²) in [6.07, 6.45) is 2.91. The van der Waals surface area contributed by atoms with E-state index in [-0.39, 0.29) is 11.7 Å². The Kier molecular flexibility index (Phi) is 3.36. The molecular formula is C11H22O2. The van der Waals surface area contributed by atoms with E-state index in [9.17, 15) is 5.11 Å². The molecule has 1 aliphatic rings. The summed E-state index contributed by atoms with van der Waals surface area (Å²) < 4.78 is 5.30. The van der Waals surface area contributed by atoms with Gasteiger partial charge in [-0.05, 0) is 44.9 Å². The monoisotopic (exact) mass is 186 g/mol. The third-order valence-electron chi connectivity index (χ3n) is 3.26. The summed E-state index contributed by atoms with van der Waals surface area (Å²) in [6, 6.07) is 0. The third kappa shape index (κ3) is 3.28. The average molecular weight is 186 g/mol. The van der Waals surface area contributed by atoms with Gasteiger partial charge in [-0.15, -0.1) is 0 Å². The predicted molar refractivity (Wildman–Crippen MR) is 53.6 cm³/mol. The number of hydrogen-bond donors (Lipinski definition) is 1. The molecule has 0 radical (unpaired) electrons. The largest absolute Gasteiger partial charge is 0.393 e. The van der Waals surface area contributed by atoms with Crippen LogP contribution in [0.4, 0.5) is 0 Å². The lowest BCUT2D eigenvalue weighted by Gasteiger charge is -2.24. The molecule has 1 N–H and O–H groups in total. The summed E-state index contributed by atoms with van der Waals surface area (Å²) in [7, 11) is 1.73. The molecule has 3 unspecified atom stereocenters. The van der Waals surface area contributed by atoms with Gasteiger partial charge in [-0.1, -0.05) is 6.92 Å². The van der Waals surface area contributed by atoms with Crippen molar-refractivity contribution in [2.24, 2.45) is 11.8 Å². The van der Waals surface area contributed by atoms with E-state index in [1.165, 1.54) is 6.42 Å². The fourth-order valence-electron chi connectivity index (χ4n) is 1.70. The molecule has 0 aliphatic heterocycles. The van der Waals surface area contributed by atoms with Crippen molar-refractivity contribution in [3.63, 3.8) is 0 Å². The van der Waals surface area contributed by atoms with Crippen molar-refractivity contribution < 1.29 is 9.84 Å². The fourth-order valence-corrected chi connectivity index (χ4v) is 1.70. The molecule has 3 atom stereocenters. The topological polar surface area (TPSA) is 29.5 Å². The van der Waals surface area contributed by atoms with Crippen molar-refractivity contribution in [1.82, 2.24) is 0 Å². The van der Waals surface area contributed by atoms with E-state index < -0.39 is 0 Å². The van der Waals surface area contributed by atoms with Gasteiger partial charge in [0.1, 0.15) is 0 Å². The summed E-state index contributed by atoms with van der Waals surface area (Å²) >= 11 is 0. The van der Waals surface area contributed by atoms with Gasteiger partial charge in [-0.3, -0.25) is 0 Å². The molecule has 0 bridgehead atoms. The minimum absolute atomic E-state index is 0.0842. The Balaban J connectivity index is 2.18. The van der Waals surface area contributed by atoms with Crippen LogP contribution >= 0.6 is 0 Å². The summed E-state index contributed by atoms with van der Waals surface area (Å²) in [5.74, 6) is 1.30. The molecule has 1 saturated carbocycles. The molecule has 0 saturated heterocycles. The van der Waals surface area contributed by atoms with Crippen molar-refractivity contribution in [3.8, 4) is 0 Å². The van der Waals surface area contributed by atoms with Crippen molar-refractivity contribution in [2.75, 3.05) is 7.11 Å². The zero-order valence-electron chi connectivity index (χ0n) is 9.21. The van der Waals surface area contributed by atoms with Crippen LogP contribution in [0, 0.1) is 11.8 Å². The van der Waals surface area contributed by atoms with E-state index in [2.05, 4.69) is 20.8 Å². The van der Waals surface area contributed by atoms with Crippen LogP contribution in [-0.2, 0) is 4.74 Å². The first-order valence-corrected chi connectivity index (χ1v) is 5.19. The minimum atomic E-state index is -0.107. The highest BCUT2D eigenvalue weighted by Gasteiger charge is 2.38. The van der Waals surface area contributed by atoms with Gasteiger partial charge in [-0.2, -0.15) is 0 Å². The van der Waals surface area contributed by atoms with Gasteiger partial charge in [0.25, 0.3) is 0 Å².